The Morgan fingerprint density at radius 3 is 1.65 bits per heavy atom. The number of unbranched alkanes of at least 4 members (excludes halogenated alkanes) is 1. The summed E-state index contributed by atoms with van der Waals surface area (Å²) in [7, 11) is 0. The lowest BCUT2D eigenvalue weighted by Gasteiger charge is -2.33. The van der Waals surface area contributed by atoms with Crippen LogP contribution in [-0.2, 0) is 0 Å². The van der Waals surface area contributed by atoms with Crippen molar-refractivity contribution < 1.29 is 0 Å². The molecule has 2 rings (SSSR count). The third-order valence-electron chi connectivity index (χ3n) is 8.96. The maximum atomic E-state index is 2.42. The van der Waals surface area contributed by atoms with Gasteiger partial charge in [0.2, 0.25) is 0 Å². The van der Waals surface area contributed by atoms with E-state index < -0.39 is 0 Å². The minimum Gasteiger partial charge on any atom is -0.0853 e. The molecule has 0 fully saturated rings. The first-order chi connectivity index (χ1) is 18.8. The standard InChI is InChI=1S/C40H60/c1-31(19-13-21-33(3)25-27-37-35(5)23-15-29-39(37,7)8)17-11-12-18-32(2)20-14-22-34(4)26-28-38-36(6)24-16-30-40(38,9)10/h13,17-19,21-22,25-28H,11-12,14-16,20,23-24,29-30H2,1-10H3/b19-13+,27-25+,28-26-,31-17+,32-18+,33-21+,34-22+. The van der Waals surface area contributed by atoms with E-state index in [1.54, 1.807) is 16.7 Å². The summed E-state index contributed by atoms with van der Waals surface area (Å²) in [5.41, 5.74) is 12.4. The second-order valence-corrected chi connectivity index (χ2v) is 13.9. The van der Waals surface area contributed by atoms with Gasteiger partial charge in [-0.25, -0.2) is 0 Å². The van der Waals surface area contributed by atoms with E-state index in [1.807, 2.05) is 0 Å². The normalized spacial score (nSPS) is 21.6. The molecule has 0 heterocycles. The quantitative estimate of drug-likeness (QED) is 0.131. The van der Waals surface area contributed by atoms with Gasteiger partial charge in [0.05, 0.1) is 0 Å². The molecule has 0 unspecified atom stereocenters. The zero-order valence-electron chi connectivity index (χ0n) is 27.8. The van der Waals surface area contributed by atoms with Gasteiger partial charge in [0, 0.05) is 0 Å². The van der Waals surface area contributed by atoms with Gasteiger partial charge in [-0.05, 0) is 128 Å². The summed E-state index contributed by atoms with van der Waals surface area (Å²) < 4.78 is 0. The van der Waals surface area contributed by atoms with Crippen LogP contribution in [-0.4, -0.2) is 0 Å². The molecule has 0 saturated heterocycles. The Hall–Kier alpha value is -2.34. The van der Waals surface area contributed by atoms with Crippen molar-refractivity contribution in [3.63, 3.8) is 0 Å². The third-order valence-corrected chi connectivity index (χ3v) is 8.96. The molecule has 0 amide bonds. The van der Waals surface area contributed by atoms with Crippen molar-refractivity contribution in [1.82, 2.24) is 0 Å². The van der Waals surface area contributed by atoms with Crippen LogP contribution in [0.5, 0.6) is 0 Å². The monoisotopic (exact) mass is 540 g/mol. The number of rotatable bonds is 12. The van der Waals surface area contributed by atoms with Crippen molar-refractivity contribution in [2.75, 3.05) is 0 Å². The van der Waals surface area contributed by atoms with Gasteiger partial charge >= 0.3 is 0 Å². The van der Waals surface area contributed by atoms with Crippen molar-refractivity contribution in [3.05, 3.63) is 105 Å². The first kappa shape index (κ1) is 33.9. The van der Waals surface area contributed by atoms with E-state index in [-0.39, 0.29) is 0 Å². The largest absolute Gasteiger partial charge is 0.0853 e. The van der Waals surface area contributed by atoms with Gasteiger partial charge in [-0.3, -0.25) is 0 Å². The first-order valence-corrected chi connectivity index (χ1v) is 15.9. The first-order valence-electron chi connectivity index (χ1n) is 15.9. The van der Waals surface area contributed by atoms with Crippen LogP contribution in [0.15, 0.2) is 105 Å². The van der Waals surface area contributed by atoms with Gasteiger partial charge < -0.3 is 0 Å². The molecule has 0 aromatic rings. The van der Waals surface area contributed by atoms with Gasteiger partial charge in [0.25, 0.3) is 0 Å². The Morgan fingerprint density at radius 1 is 0.625 bits per heavy atom. The Labute approximate surface area is 249 Å². The lowest BCUT2D eigenvalue weighted by molar-refractivity contribution is 0.376. The predicted octanol–water partition coefficient (Wildman–Crippen LogP) is 13.1. The van der Waals surface area contributed by atoms with Gasteiger partial charge in [-0.15, -0.1) is 0 Å². The van der Waals surface area contributed by atoms with Crippen LogP contribution in [0.1, 0.15) is 133 Å². The summed E-state index contributed by atoms with van der Waals surface area (Å²) in [6.07, 6.45) is 35.4. The molecule has 0 atom stereocenters. The smallest absolute Gasteiger partial charge is 0.0104 e. The van der Waals surface area contributed by atoms with Gasteiger partial charge in [0.15, 0.2) is 0 Å². The van der Waals surface area contributed by atoms with Crippen LogP contribution in [0.25, 0.3) is 0 Å². The van der Waals surface area contributed by atoms with E-state index in [0.29, 0.717) is 10.8 Å². The van der Waals surface area contributed by atoms with E-state index in [1.165, 1.54) is 66.4 Å². The molecule has 0 aromatic heterocycles. The summed E-state index contributed by atoms with van der Waals surface area (Å²) in [4.78, 5) is 0. The lowest BCUT2D eigenvalue weighted by Crippen LogP contribution is -2.19. The zero-order valence-corrected chi connectivity index (χ0v) is 27.8. The van der Waals surface area contributed by atoms with Gasteiger partial charge in [-0.1, -0.05) is 122 Å². The minimum atomic E-state index is 0.303. The Balaban J connectivity index is 1.77. The molecule has 0 aromatic carbocycles. The fourth-order valence-corrected chi connectivity index (χ4v) is 6.26. The van der Waals surface area contributed by atoms with Crippen LogP contribution in [0.3, 0.4) is 0 Å². The molecule has 0 heteroatoms. The molecule has 0 N–H and O–H groups in total. The Kier molecular flexibility index (Phi) is 13.7. The molecule has 220 valence electrons. The highest BCUT2D eigenvalue weighted by atomic mass is 14.3. The highest BCUT2D eigenvalue weighted by Crippen LogP contribution is 2.41. The maximum absolute atomic E-state index is 2.42. The molecule has 0 saturated carbocycles. The second-order valence-electron chi connectivity index (χ2n) is 13.9. The lowest BCUT2D eigenvalue weighted by atomic mass is 9.72. The highest BCUT2D eigenvalue weighted by Gasteiger charge is 2.27. The van der Waals surface area contributed by atoms with Gasteiger partial charge in [0.1, 0.15) is 0 Å². The topological polar surface area (TPSA) is 0 Å². The highest BCUT2D eigenvalue weighted by molar-refractivity contribution is 5.37. The van der Waals surface area contributed by atoms with Crippen LogP contribution in [0, 0.1) is 10.8 Å². The SMILES string of the molecule is CC1=C(/C=C\C(C)=C\CC/C(C)=C/CC/C=C(C)/C=C/C=C(C)/C=C/C2=C(C)CCCC2(C)C)C(C)(C)CCC1. The van der Waals surface area contributed by atoms with E-state index in [0.717, 1.165) is 25.7 Å². The summed E-state index contributed by atoms with van der Waals surface area (Å²) in [6, 6.07) is 0. The summed E-state index contributed by atoms with van der Waals surface area (Å²) in [6.45, 7) is 23.1. The maximum Gasteiger partial charge on any atom is -0.0104 e. The molecule has 40 heavy (non-hydrogen) atoms. The van der Waals surface area contributed by atoms with E-state index in [9.17, 15) is 0 Å². The molecule has 0 bridgehead atoms. The fraction of sp³-hybridized carbons (Fsp3) is 0.550. The fourth-order valence-electron chi connectivity index (χ4n) is 6.26. The second kappa shape index (κ2) is 16.2. The Morgan fingerprint density at radius 2 is 1.10 bits per heavy atom. The predicted molar refractivity (Wildman–Crippen MR) is 182 cm³/mol. The van der Waals surface area contributed by atoms with Crippen LogP contribution < -0.4 is 0 Å². The number of hydrogen-bond donors (Lipinski definition) is 0. The average Bonchev–Trinajstić information content (AvgIpc) is 2.85. The molecule has 2 aliphatic rings. The Bertz CT molecular complexity index is 1120. The molecule has 0 nitrogen and oxygen atoms in total. The number of hydrogen-bond acceptors (Lipinski definition) is 0. The molecule has 2 aliphatic carbocycles. The average molecular weight is 541 g/mol. The molecular formula is C40H60. The third kappa shape index (κ3) is 11.6. The zero-order chi connectivity index (χ0) is 29.8. The van der Waals surface area contributed by atoms with Crippen LogP contribution in [0.2, 0.25) is 0 Å². The molecule has 0 aliphatic heterocycles. The van der Waals surface area contributed by atoms with Gasteiger partial charge in [-0.2, -0.15) is 0 Å². The summed E-state index contributed by atoms with van der Waals surface area (Å²) >= 11 is 0. The van der Waals surface area contributed by atoms with E-state index in [2.05, 4.69) is 130 Å². The summed E-state index contributed by atoms with van der Waals surface area (Å²) in [5.74, 6) is 0. The number of allylic oxidation sites excluding steroid dienone is 18. The molecule has 0 radical (unpaired) electrons. The minimum absolute atomic E-state index is 0.303. The van der Waals surface area contributed by atoms with Crippen molar-refractivity contribution in [2.45, 2.75) is 133 Å². The van der Waals surface area contributed by atoms with Crippen LogP contribution >= 0.6 is 0 Å². The van der Waals surface area contributed by atoms with Crippen molar-refractivity contribution in [2.24, 2.45) is 10.8 Å². The van der Waals surface area contributed by atoms with E-state index >= 15 is 0 Å². The molecule has 0 spiro atoms. The summed E-state index contributed by atoms with van der Waals surface area (Å²) in [5, 5.41) is 0. The van der Waals surface area contributed by atoms with Crippen molar-refractivity contribution in [1.29, 1.82) is 0 Å². The van der Waals surface area contributed by atoms with Crippen molar-refractivity contribution in [3.8, 4) is 0 Å². The van der Waals surface area contributed by atoms with Crippen molar-refractivity contribution >= 4 is 0 Å². The van der Waals surface area contributed by atoms with E-state index in [4.69, 9.17) is 0 Å². The molecular weight excluding hydrogens is 480 g/mol. The van der Waals surface area contributed by atoms with Crippen LogP contribution in [0.4, 0.5) is 0 Å².